The van der Waals surface area contributed by atoms with Crippen molar-refractivity contribution >= 4 is 42.6 Å². The van der Waals surface area contributed by atoms with Crippen LogP contribution in [-0.4, -0.2) is 65.3 Å². The molecule has 1 aliphatic rings. The molecule has 0 saturated carbocycles. The lowest BCUT2D eigenvalue weighted by Crippen LogP contribution is -2.36. The van der Waals surface area contributed by atoms with Crippen LogP contribution in [0.25, 0.3) is 10.1 Å². The van der Waals surface area contributed by atoms with Gasteiger partial charge < -0.3 is 20.3 Å². The number of fused-ring (bicyclic) bond motifs is 1. The highest BCUT2D eigenvalue weighted by atomic mass is 32.2. The second kappa shape index (κ2) is 12.0. The Kier molecular flexibility index (Phi) is 8.93. The summed E-state index contributed by atoms with van der Waals surface area (Å²) < 4.78 is 82.6. The van der Waals surface area contributed by atoms with Gasteiger partial charge in [0.2, 0.25) is 6.86 Å². The fourth-order valence-electron chi connectivity index (χ4n) is 4.46. The Labute approximate surface area is 229 Å². The van der Waals surface area contributed by atoms with E-state index in [0.29, 0.717) is 16.0 Å². The molecule has 0 bridgehead atoms. The molecule has 3 aromatic rings. The fourth-order valence-corrected chi connectivity index (χ4v) is 6.26. The molecule has 0 aliphatic carbocycles. The van der Waals surface area contributed by atoms with Crippen molar-refractivity contribution in [3.05, 3.63) is 46.8 Å². The Bertz CT molecular complexity index is 1490. The Hall–Kier alpha value is -3.01. The number of nitrogens with one attached hydrogen (secondary N) is 2. The first-order valence-corrected chi connectivity index (χ1v) is 15.0. The van der Waals surface area contributed by atoms with Crippen molar-refractivity contribution in [1.29, 1.82) is 0 Å². The average molecular weight is 584 g/mol. The lowest BCUT2D eigenvalue weighted by molar-refractivity contribution is -0.126. The molecule has 1 fully saturated rings. The number of rotatable bonds is 8. The van der Waals surface area contributed by atoms with Crippen LogP contribution in [0, 0.1) is 11.8 Å². The van der Waals surface area contributed by atoms with E-state index >= 15 is 0 Å². The van der Waals surface area contributed by atoms with Crippen molar-refractivity contribution in [2.24, 2.45) is 0 Å². The van der Waals surface area contributed by atoms with Gasteiger partial charge in [-0.3, -0.25) is 0 Å². The molecule has 0 amide bonds. The van der Waals surface area contributed by atoms with Crippen LogP contribution in [0.1, 0.15) is 23.3 Å². The Morgan fingerprint density at radius 3 is 2.56 bits per heavy atom. The third-order valence-electron chi connectivity index (χ3n) is 6.43. The highest BCUT2D eigenvalue weighted by molar-refractivity contribution is 7.90. The molecule has 210 valence electrons. The lowest BCUT2D eigenvalue weighted by Gasteiger charge is -2.30. The summed E-state index contributed by atoms with van der Waals surface area (Å²) in [4.78, 5) is 2.54. The van der Waals surface area contributed by atoms with Gasteiger partial charge in [-0.25, -0.2) is 12.8 Å². The molecule has 12 heteroatoms. The first-order valence-electron chi connectivity index (χ1n) is 12.3. The summed E-state index contributed by atoms with van der Waals surface area (Å²) in [6.07, 6.45) is -2.57. The van der Waals surface area contributed by atoms with E-state index in [9.17, 15) is 26.0 Å². The molecule has 1 aromatic heterocycles. The SMILES string of the molecule is CN1CCC(Nc2cccc3c(CC(F)(F)F)c(C#CCNc4ccc(S(C)(=O)=O)cc4OCF)sc23)CC1. The Balaban J connectivity index is 1.59. The zero-order valence-corrected chi connectivity index (χ0v) is 23.1. The second-order valence-corrected chi connectivity index (χ2v) is 12.5. The lowest BCUT2D eigenvalue weighted by atomic mass is 10.0. The standard InChI is InChI=1S/C27H29F4N3O3S2/c1-34-13-10-18(11-14-34)33-23-6-3-5-20-21(16-27(29,30)31)25(38-26(20)23)7-4-12-32-22-9-8-19(39(2,35)36)15-24(22)37-17-28/h3,5-6,8-9,15,18,32-33H,10-14,16-17H2,1-2H3. The average Bonchev–Trinajstić information content (AvgIpc) is 3.20. The van der Waals surface area contributed by atoms with E-state index in [1.54, 1.807) is 12.1 Å². The monoisotopic (exact) mass is 583 g/mol. The predicted octanol–water partition coefficient (Wildman–Crippen LogP) is 5.69. The van der Waals surface area contributed by atoms with Crippen molar-refractivity contribution < 1.29 is 30.7 Å². The number of sulfone groups is 1. The molecule has 1 saturated heterocycles. The minimum atomic E-state index is -4.40. The first kappa shape index (κ1) is 29.0. The van der Waals surface area contributed by atoms with Crippen LogP contribution < -0.4 is 15.4 Å². The summed E-state index contributed by atoms with van der Waals surface area (Å²) >= 11 is 1.23. The van der Waals surface area contributed by atoms with E-state index in [-0.39, 0.29) is 28.8 Å². The maximum atomic E-state index is 13.5. The number of alkyl halides is 4. The van der Waals surface area contributed by atoms with Crippen molar-refractivity contribution in [3.8, 4) is 17.6 Å². The van der Waals surface area contributed by atoms with Gasteiger partial charge in [-0.15, -0.1) is 11.3 Å². The van der Waals surface area contributed by atoms with Crippen LogP contribution in [0.3, 0.4) is 0 Å². The van der Waals surface area contributed by atoms with E-state index in [0.717, 1.165) is 42.6 Å². The summed E-state index contributed by atoms with van der Waals surface area (Å²) in [5.74, 6) is 5.72. The Morgan fingerprint density at radius 2 is 1.90 bits per heavy atom. The van der Waals surface area contributed by atoms with Crippen LogP contribution >= 0.6 is 11.3 Å². The number of ether oxygens (including phenoxy) is 1. The third-order valence-corrected chi connectivity index (χ3v) is 8.74. The van der Waals surface area contributed by atoms with E-state index in [4.69, 9.17) is 4.74 Å². The number of benzene rings is 2. The van der Waals surface area contributed by atoms with Crippen molar-refractivity contribution in [2.75, 3.05) is 50.4 Å². The van der Waals surface area contributed by atoms with Crippen molar-refractivity contribution in [3.63, 3.8) is 0 Å². The number of piperidine rings is 1. The number of anilines is 2. The van der Waals surface area contributed by atoms with Crippen LogP contribution in [-0.2, 0) is 16.3 Å². The van der Waals surface area contributed by atoms with Gasteiger partial charge in [0.1, 0.15) is 5.75 Å². The summed E-state index contributed by atoms with van der Waals surface area (Å²) in [5, 5.41) is 6.98. The van der Waals surface area contributed by atoms with E-state index < -0.39 is 29.3 Å². The van der Waals surface area contributed by atoms with Gasteiger partial charge in [-0.05, 0) is 62.1 Å². The molecule has 1 aliphatic heterocycles. The number of nitrogens with zero attached hydrogens (tertiary/aromatic N) is 1. The van der Waals surface area contributed by atoms with Gasteiger partial charge in [-0.2, -0.15) is 13.2 Å². The summed E-state index contributed by atoms with van der Waals surface area (Å²) in [5.41, 5.74) is 1.26. The molecule has 2 N–H and O–H groups in total. The van der Waals surface area contributed by atoms with Gasteiger partial charge in [-0.1, -0.05) is 24.0 Å². The maximum Gasteiger partial charge on any atom is 0.393 e. The van der Waals surface area contributed by atoms with Gasteiger partial charge in [0.05, 0.1) is 38.8 Å². The summed E-state index contributed by atoms with van der Waals surface area (Å²) in [6.45, 7) is 0.762. The third kappa shape index (κ3) is 7.56. The molecule has 6 nitrogen and oxygen atoms in total. The fraction of sp³-hybridized carbons (Fsp3) is 0.407. The minimum Gasteiger partial charge on any atom is -0.461 e. The van der Waals surface area contributed by atoms with Crippen LogP contribution in [0.4, 0.5) is 28.9 Å². The molecule has 2 aromatic carbocycles. The maximum absolute atomic E-state index is 13.5. The van der Waals surface area contributed by atoms with E-state index in [1.807, 2.05) is 6.07 Å². The van der Waals surface area contributed by atoms with E-state index in [2.05, 4.69) is 34.4 Å². The highest BCUT2D eigenvalue weighted by Crippen LogP contribution is 2.39. The highest BCUT2D eigenvalue weighted by Gasteiger charge is 2.31. The molecule has 0 spiro atoms. The number of likely N-dealkylation sites (tertiary alicyclic amines) is 1. The van der Waals surface area contributed by atoms with Gasteiger partial charge >= 0.3 is 6.18 Å². The van der Waals surface area contributed by atoms with Gasteiger partial charge in [0, 0.05) is 18.4 Å². The molecule has 2 heterocycles. The predicted molar refractivity (Wildman–Crippen MR) is 147 cm³/mol. The van der Waals surface area contributed by atoms with Crippen LogP contribution in [0.5, 0.6) is 5.75 Å². The molecular formula is C27H29F4N3O3S2. The van der Waals surface area contributed by atoms with Gasteiger partial charge in [0.15, 0.2) is 9.84 Å². The number of hydrogen-bond donors (Lipinski definition) is 2. The first-order chi connectivity index (χ1) is 18.4. The molecular weight excluding hydrogens is 554 g/mol. The zero-order valence-electron chi connectivity index (χ0n) is 21.5. The molecule has 0 unspecified atom stereocenters. The normalized spacial score (nSPS) is 15.1. The molecule has 39 heavy (non-hydrogen) atoms. The number of thiophene rings is 1. The van der Waals surface area contributed by atoms with Crippen molar-refractivity contribution in [2.45, 2.75) is 36.4 Å². The zero-order chi connectivity index (χ0) is 28.2. The minimum absolute atomic E-state index is 0.00790. The topological polar surface area (TPSA) is 70.7 Å². The molecule has 0 atom stereocenters. The number of hydrogen-bond acceptors (Lipinski definition) is 7. The quantitative estimate of drug-likeness (QED) is 0.263. The smallest absolute Gasteiger partial charge is 0.393 e. The van der Waals surface area contributed by atoms with Crippen LogP contribution in [0.2, 0.25) is 0 Å². The van der Waals surface area contributed by atoms with Crippen LogP contribution in [0.15, 0.2) is 41.3 Å². The second-order valence-electron chi connectivity index (χ2n) is 9.44. The summed E-state index contributed by atoms with van der Waals surface area (Å²) in [7, 11) is -1.46. The molecule has 0 radical (unpaired) electrons. The molecule has 4 rings (SSSR count). The Morgan fingerprint density at radius 1 is 1.15 bits per heavy atom. The number of halogens is 4. The van der Waals surface area contributed by atoms with Gasteiger partial charge in [0.25, 0.3) is 0 Å². The largest absolute Gasteiger partial charge is 0.461 e. The van der Waals surface area contributed by atoms with Crippen molar-refractivity contribution in [1.82, 2.24) is 4.90 Å². The summed E-state index contributed by atoms with van der Waals surface area (Å²) in [6, 6.07) is 9.57. The van der Waals surface area contributed by atoms with E-state index in [1.165, 1.54) is 29.5 Å².